The molecule has 0 aliphatic carbocycles. The van der Waals surface area contributed by atoms with Crippen LogP contribution in [0.4, 0.5) is 0 Å². The Kier molecular flexibility index (Phi) is 5.21. The molecule has 2 aromatic carbocycles. The van der Waals surface area contributed by atoms with E-state index in [-0.39, 0.29) is 25.4 Å². The van der Waals surface area contributed by atoms with Crippen molar-refractivity contribution in [3.8, 4) is 0 Å². The lowest BCUT2D eigenvalue weighted by atomic mass is 10.1. The molecule has 0 spiro atoms. The third kappa shape index (κ3) is 4.10. The van der Waals surface area contributed by atoms with Gasteiger partial charge in [-0.1, -0.05) is 35.9 Å². The number of aromatic nitrogens is 1. The van der Waals surface area contributed by atoms with E-state index in [1.165, 1.54) is 4.57 Å². The van der Waals surface area contributed by atoms with Gasteiger partial charge in [-0.2, -0.15) is 0 Å². The number of hydrogen-bond acceptors (Lipinski definition) is 4. The Bertz CT molecular complexity index is 930. The Morgan fingerprint density at radius 2 is 1.92 bits per heavy atom. The molecule has 0 unspecified atom stereocenters. The van der Waals surface area contributed by atoms with Gasteiger partial charge in [0.05, 0.1) is 11.6 Å². The number of amides is 1. The summed E-state index contributed by atoms with van der Waals surface area (Å²) in [4.78, 5) is 23.8. The lowest BCUT2D eigenvalue weighted by Gasteiger charge is -2.12. The number of oxazole rings is 1. The summed E-state index contributed by atoms with van der Waals surface area (Å²) in [5, 5.41) is 13.3. The van der Waals surface area contributed by atoms with Gasteiger partial charge in [0.25, 0.3) is 0 Å². The molecule has 0 aliphatic heterocycles. The first-order valence-corrected chi connectivity index (χ1v) is 8.21. The summed E-state index contributed by atoms with van der Waals surface area (Å²) >= 11 is 5.80. The quantitative estimate of drug-likeness (QED) is 0.707. The molecule has 6 nitrogen and oxygen atoms in total. The molecule has 0 radical (unpaired) electrons. The fourth-order valence-electron chi connectivity index (χ4n) is 2.54. The van der Waals surface area contributed by atoms with Crippen molar-refractivity contribution in [1.29, 1.82) is 0 Å². The standard InChI is InChI=1S/C18H17ClN2O4/c19-13-7-5-12(6-8-13)15(22)11-20-17(23)9-10-21-14-3-1-2-4-16(14)25-18(21)24/h1-8,15,22H,9-11H2,(H,20,23)/t15-/m0/s1. The van der Waals surface area contributed by atoms with Gasteiger partial charge in [0.2, 0.25) is 5.91 Å². The topological polar surface area (TPSA) is 84.5 Å². The Balaban J connectivity index is 1.55. The lowest BCUT2D eigenvalue weighted by Crippen LogP contribution is -2.30. The summed E-state index contributed by atoms with van der Waals surface area (Å²) in [6, 6.07) is 13.8. The smallest absolute Gasteiger partial charge is 0.408 e. The van der Waals surface area contributed by atoms with Crippen LogP contribution in [0, 0.1) is 0 Å². The van der Waals surface area contributed by atoms with Crippen LogP contribution in [0.5, 0.6) is 0 Å². The van der Waals surface area contributed by atoms with Gasteiger partial charge < -0.3 is 14.8 Å². The van der Waals surface area contributed by atoms with E-state index in [0.717, 1.165) is 0 Å². The fourth-order valence-corrected chi connectivity index (χ4v) is 2.67. The largest absolute Gasteiger partial charge is 0.419 e. The molecule has 1 heterocycles. The Morgan fingerprint density at radius 3 is 2.68 bits per heavy atom. The Hall–Kier alpha value is -2.57. The monoisotopic (exact) mass is 360 g/mol. The number of para-hydroxylation sites is 2. The van der Waals surface area contributed by atoms with Gasteiger partial charge in [-0.25, -0.2) is 4.79 Å². The zero-order valence-corrected chi connectivity index (χ0v) is 14.1. The minimum absolute atomic E-state index is 0.0848. The number of nitrogens with one attached hydrogen (secondary N) is 1. The van der Waals surface area contributed by atoms with Crippen molar-refractivity contribution < 1.29 is 14.3 Å². The number of rotatable bonds is 6. The van der Waals surface area contributed by atoms with E-state index in [2.05, 4.69) is 5.32 Å². The maximum absolute atomic E-state index is 12.0. The Labute approximate surface area is 148 Å². The maximum atomic E-state index is 12.0. The molecule has 7 heteroatoms. The maximum Gasteiger partial charge on any atom is 0.419 e. The molecule has 0 fully saturated rings. The average Bonchev–Trinajstić information content (AvgIpc) is 2.93. The van der Waals surface area contributed by atoms with Gasteiger partial charge in [-0.3, -0.25) is 9.36 Å². The molecule has 1 amide bonds. The van der Waals surface area contributed by atoms with Crippen molar-refractivity contribution in [1.82, 2.24) is 9.88 Å². The van der Waals surface area contributed by atoms with Crippen LogP contribution < -0.4 is 11.1 Å². The number of aliphatic hydroxyl groups excluding tert-OH is 1. The van der Waals surface area contributed by atoms with Gasteiger partial charge >= 0.3 is 5.76 Å². The van der Waals surface area contributed by atoms with E-state index in [4.69, 9.17) is 16.0 Å². The van der Waals surface area contributed by atoms with Crippen LogP contribution in [0.2, 0.25) is 5.02 Å². The number of carbonyl (C=O) groups excluding carboxylic acids is 1. The van der Waals surface area contributed by atoms with Crippen LogP contribution in [0.15, 0.2) is 57.7 Å². The van der Waals surface area contributed by atoms with Crippen molar-refractivity contribution in [3.05, 3.63) is 69.7 Å². The first kappa shape index (κ1) is 17.3. The number of halogens is 1. The van der Waals surface area contributed by atoms with Crippen LogP contribution in [-0.4, -0.2) is 22.1 Å². The molecule has 0 saturated carbocycles. The lowest BCUT2D eigenvalue weighted by molar-refractivity contribution is -0.121. The molecular weight excluding hydrogens is 344 g/mol. The minimum atomic E-state index is -0.821. The number of aryl methyl sites for hydroxylation is 1. The van der Waals surface area contributed by atoms with Crippen molar-refractivity contribution >= 4 is 28.6 Å². The molecule has 25 heavy (non-hydrogen) atoms. The van der Waals surface area contributed by atoms with Crippen LogP contribution in [-0.2, 0) is 11.3 Å². The molecule has 0 bridgehead atoms. The minimum Gasteiger partial charge on any atom is -0.408 e. The zero-order valence-electron chi connectivity index (χ0n) is 13.3. The molecule has 3 aromatic rings. The highest BCUT2D eigenvalue weighted by Crippen LogP contribution is 2.16. The summed E-state index contributed by atoms with van der Waals surface area (Å²) in [5.41, 5.74) is 1.81. The number of fused-ring (bicyclic) bond motifs is 1. The number of aliphatic hydroxyl groups is 1. The van der Waals surface area contributed by atoms with Crippen LogP contribution >= 0.6 is 11.6 Å². The van der Waals surface area contributed by atoms with E-state index in [1.54, 1.807) is 48.5 Å². The summed E-state index contributed by atoms with van der Waals surface area (Å²) < 4.78 is 6.54. The second-order valence-corrected chi connectivity index (χ2v) is 6.05. The zero-order chi connectivity index (χ0) is 17.8. The van der Waals surface area contributed by atoms with E-state index >= 15 is 0 Å². The van der Waals surface area contributed by atoms with Crippen molar-refractivity contribution in [2.24, 2.45) is 0 Å². The number of hydrogen-bond donors (Lipinski definition) is 2. The molecular formula is C18H17ClN2O4. The summed E-state index contributed by atoms with van der Waals surface area (Å²) in [7, 11) is 0. The van der Waals surface area contributed by atoms with Gasteiger partial charge in [0.15, 0.2) is 5.58 Å². The first-order valence-electron chi connectivity index (χ1n) is 7.83. The third-order valence-corrected chi connectivity index (χ3v) is 4.14. The normalized spacial score (nSPS) is 12.2. The number of carbonyl (C=O) groups is 1. The SMILES string of the molecule is O=C(CCn1c(=O)oc2ccccc21)NC[C@H](O)c1ccc(Cl)cc1. The van der Waals surface area contributed by atoms with Crippen LogP contribution in [0.3, 0.4) is 0 Å². The van der Waals surface area contributed by atoms with Gasteiger partial charge in [-0.05, 0) is 29.8 Å². The van der Waals surface area contributed by atoms with E-state index in [1.807, 2.05) is 0 Å². The number of benzene rings is 2. The predicted molar refractivity (Wildman–Crippen MR) is 94.5 cm³/mol. The highest BCUT2D eigenvalue weighted by Gasteiger charge is 2.12. The highest BCUT2D eigenvalue weighted by molar-refractivity contribution is 6.30. The molecule has 1 atom stereocenters. The Morgan fingerprint density at radius 1 is 1.20 bits per heavy atom. The van der Waals surface area contributed by atoms with Crippen molar-refractivity contribution in [2.45, 2.75) is 19.1 Å². The predicted octanol–water partition coefficient (Wildman–Crippen LogP) is 2.49. The molecule has 1 aromatic heterocycles. The molecule has 130 valence electrons. The third-order valence-electron chi connectivity index (χ3n) is 3.88. The second kappa shape index (κ2) is 7.55. The molecule has 0 aliphatic rings. The van der Waals surface area contributed by atoms with Gasteiger partial charge in [0.1, 0.15) is 0 Å². The van der Waals surface area contributed by atoms with Crippen molar-refractivity contribution in [3.63, 3.8) is 0 Å². The molecule has 3 rings (SSSR count). The van der Waals surface area contributed by atoms with Crippen LogP contribution in [0.1, 0.15) is 18.1 Å². The van der Waals surface area contributed by atoms with E-state index in [0.29, 0.717) is 21.7 Å². The summed E-state index contributed by atoms with van der Waals surface area (Å²) in [6.45, 7) is 0.292. The summed E-state index contributed by atoms with van der Waals surface area (Å²) in [6.07, 6.45) is -0.713. The van der Waals surface area contributed by atoms with Gasteiger partial charge in [0, 0.05) is 24.5 Å². The van der Waals surface area contributed by atoms with E-state index in [9.17, 15) is 14.7 Å². The first-order chi connectivity index (χ1) is 12.0. The average molecular weight is 361 g/mol. The van der Waals surface area contributed by atoms with E-state index < -0.39 is 11.9 Å². The highest BCUT2D eigenvalue weighted by atomic mass is 35.5. The molecule has 0 saturated heterocycles. The van der Waals surface area contributed by atoms with Crippen molar-refractivity contribution in [2.75, 3.05) is 6.54 Å². The summed E-state index contributed by atoms with van der Waals surface area (Å²) in [5.74, 6) is -0.750. The fraction of sp³-hybridized carbons (Fsp3) is 0.222. The molecule has 2 N–H and O–H groups in total. The second-order valence-electron chi connectivity index (χ2n) is 5.61. The van der Waals surface area contributed by atoms with Crippen LogP contribution in [0.25, 0.3) is 11.1 Å². The number of nitrogens with zero attached hydrogens (tertiary/aromatic N) is 1. The van der Waals surface area contributed by atoms with Gasteiger partial charge in [-0.15, -0.1) is 0 Å².